The third kappa shape index (κ3) is 2.92. The number of nitrogens with zero attached hydrogens (tertiary/aromatic N) is 3. The highest BCUT2D eigenvalue weighted by Gasteiger charge is 2.25. The minimum atomic E-state index is -0.960. The van der Waals surface area contributed by atoms with E-state index < -0.39 is 10.9 Å². The van der Waals surface area contributed by atoms with Crippen LogP contribution in [0, 0.1) is 10.1 Å². The number of aliphatic carboxylic acids is 1. The molecule has 1 rings (SSSR count). The van der Waals surface area contributed by atoms with Gasteiger partial charge in [0.05, 0.1) is 11.3 Å². The molecule has 17 heavy (non-hydrogen) atoms. The van der Waals surface area contributed by atoms with Gasteiger partial charge in [-0.25, -0.2) is 4.68 Å². The van der Waals surface area contributed by atoms with Crippen LogP contribution in [0.3, 0.4) is 0 Å². The fraction of sp³-hybridized carbons (Fsp3) is 0.556. The van der Waals surface area contributed by atoms with Gasteiger partial charge in [0.2, 0.25) is 5.82 Å². The smallest absolute Gasteiger partial charge is 0.333 e. The first-order chi connectivity index (χ1) is 7.97. The van der Waals surface area contributed by atoms with Crippen LogP contribution >= 0.6 is 0 Å². The first-order valence-corrected chi connectivity index (χ1v) is 5.13. The summed E-state index contributed by atoms with van der Waals surface area (Å²) in [5.41, 5.74) is 0.302. The third-order valence-electron chi connectivity index (χ3n) is 2.24. The fourth-order valence-electron chi connectivity index (χ4n) is 1.48. The zero-order valence-corrected chi connectivity index (χ0v) is 9.63. The molecule has 1 heterocycles. The van der Waals surface area contributed by atoms with E-state index in [2.05, 4.69) is 10.4 Å². The lowest BCUT2D eigenvalue weighted by atomic mass is 10.3. The Morgan fingerprint density at radius 2 is 2.29 bits per heavy atom. The zero-order valence-electron chi connectivity index (χ0n) is 9.63. The second-order valence-corrected chi connectivity index (χ2v) is 3.45. The van der Waals surface area contributed by atoms with Crippen LogP contribution in [-0.2, 0) is 18.3 Å². The van der Waals surface area contributed by atoms with Crippen molar-refractivity contribution in [1.82, 2.24) is 9.78 Å². The molecule has 0 aromatic carbocycles. The lowest BCUT2D eigenvalue weighted by Crippen LogP contribution is -2.11. The predicted molar refractivity (Wildman–Crippen MR) is 60.0 cm³/mol. The van der Waals surface area contributed by atoms with Gasteiger partial charge in [-0.15, -0.1) is 0 Å². The molecule has 8 nitrogen and oxygen atoms in total. The molecule has 0 unspecified atom stereocenters. The summed E-state index contributed by atoms with van der Waals surface area (Å²) in [6.07, 6.45) is 0.342. The molecule has 1 aromatic heterocycles. The standard InChI is InChI=1S/C9H14N4O4/c1-3-6-8(13(16)17)9(12(2)11-6)10-5-4-7(14)15/h10H,3-5H2,1-2H3,(H,14,15). The molecular weight excluding hydrogens is 228 g/mol. The molecule has 0 amide bonds. The fourth-order valence-corrected chi connectivity index (χ4v) is 1.48. The Bertz CT molecular complexity index is 440. The summed E-state index contributed by atoms with van der Waals surface area (Å²) in [4.78, 5) is 20.8. The number of rotatable bonds is 6. The molecule has 2 N–H and O–H groups in total. The van der Waals surface area contributed by atoms with Crippen LogP contribution in [0.2, 0.25) is 0 Å². The Labute approximate surface area is 97.4 Å². The normalized spacial score (nSPS) is 10.2. The van der Waals surface area contributed by atoms with Gasteiger partial charge < -0.3 is 10.4 Å². The number of carboxylic acids is 1. The van der Waals surface area contributed by atoms with Gasteiger partial charge >= 0.3 is 11.7 Å². The van der Waals surface area contributed by atoms with E-state index in [0.29, 0.717) is 12.1 Å². The molecule has 0 aliphatic rings. The molecule has 0 radical (unpaired) electrons. The van der Waals surface area contributed by atoms with Crippen molar-refractivity contribution in [3.8, 4) is 0 Å². The summed E-state index contributed by atoms with van der Waals surface area (Å²) in [5, 5.41) is 26.1. The van der Waals surface area contributed by atoms with Crippen molar-refractivity contribution in [2.24, 2.45) is 7.05 Å². The first kappa shape index (κ1) is 12.9. The van der Waals surface area contributed by atoms with Gasteiger partial charge in [-0.3, -0.25) is 14.9 Å². The summed E-state index contributed by atoms with van der Waals surface area (Å²) in [6.45, 7) is 1.90. The van der Waals surface area contributed by atoms with E-state index in [1.807, 2.05) is 0 Å². The van der Waals surface area contributed by atoms with E-state index >= 15 is 0 Å². The van der Waals surface area contributed by atoms with Crippen LogP contribution in [0.25, 0.3) is 0 Å². The van der Waals surface area contributed by atoms with Crippen molar-refractivity contribution in [2.75, 3.05) is 11.9 Å². The quantitative estimate of drug-likeness (QED) is 0.563. The van der Waals surface area contributed by atoms with Gasteiger partial charge in [-0.05, 0) is 6.42 Å². The SMILES string of the molecule is CCc1nn(C)c(NCCC(=O)O)c1[N+](=O)[O-]. The van der Waals surface area contributed by atoms with E-state index in [4.69, 9.17) is 5.11 Å². The summed E-state index contributed by atoms with van der Waals surface area (Å²) >= 11 is 0. The highest BCUT2D eigenvalue weighted by Crippen LogP contribution is 2.28. The van der Waals surface area contributed by atoms with Crippen LogP contribution in [0.5, 0.6) is 0 Å². The summed E-state index contributed by atoms with van der Waals surface area (Å²) < 4.78 is 1.36. The van der Waals surface area contributed by atoms with Crippen LogP contribution in [0.4, 0.5) is 11.5 Å². The lowest BCUT2D eigenvalue weighted by molar-refractivity contribution is -0.384. The van der Waals surface area contributed by atoms with Crippen molar-refractivity contribution >= 4 is 17.5 Å². The molecule has 0 aliphatic heterocycles. The van der Waals surface area contributed by atoms with Gasteiger partial charge in [0.1, 0.15) is 5.69 Å². The predicted octanol–water partition coefficient (Wildman–Crippen LogP) is 0.777. The van der Waals surface area contributed by atoms with Crippen LogP contribution in [0.1, 0.15) is 19.0 Å². The largest absolute Gasteiger partial charge is 0.481 e. The second-order valence-electron chi connectivity index (χ2n) is 3.45. The van der Waals surface area contributed by atoms with E-state index in [0.717, 1.165) is 0 Å². The number of carboxylic acid groups (broad SMARTS) is 1. The van der Waals surface area contributed by atoms with Gasteiger partial charge in [0, 0.05) is 13.6 Å². The molecular formula is C9H14N4O4. The van der Waals surface area contributed by atoms with Crippen molar-refractivity contribution in [1.29, 1.82) is 0 Å². The van der Waals surface area contributed by atoms with E-state index in [9.17, 15) is 14.9 Å². The van der Waals surface area contributed by atoms with Gasteiger partial charge in [-0.1, -0.05) is 6.92 Å². The molecule has 94 valence electrons. The summed E-state index contributed by atoms with van der Waals surface area (Å²) in [7, 11) is 1.58. The van der Waals surface area contributed by atoms with Gasteiger partial charge in [-0.2, -0.15) is 5.10 Å². The first-order valence-electron chi connectivity index (χ1n) is 5.13. The monoisotopic (exact) mass is 242 g/mol. The third-order valence-corrected chi connectivity index (χ3v) is 2.24. The second kappa shape index (κ2) is 5.28. The van der Waals surface area contributed by atoms with Crippen LogP contribution in [-0.4, -0.2) is 32.3 Å². The molecule has 1 aromatic rings. The maximum atomic E-state index is 10.9. The molecule has 0 bridgehead atoms. The molecule has 0 saturated heterocycles. The molecule has 0 aliphatic carbocycles. The molecule has 0 spiro atoms. The lowest BCUT2D eigenvalue weighted by Gasteiger charge is -2.03. The van der Waals surface area contributed by atoms with E-state index in [1.165, 1.54) is 4.68 Å². The minimum Gasteiger partial charge on any atom is -0.481 e. The highest BCUT2D eigenvalue weighted by atomic mass is 16.6. The summed E-state index contributed by atoms with van der Waals surface area (Å²) in [5.74, 6) is -0.717. The maximum Gasteiger partial charge on any atom is 0.333 e. The number of aryl methyl sites for hydroxylation is 2. The zero-order chi connectivity index (χ0) is 13.0. The number of carbonyl (C=O) groups is 1. The molecule has 8 heteroatoms. The maximum absolute atomic E-state index is 10.9. The Morgan fingerprint density at radius 1 is 1.65 bits per heavy atom. The van der Waals surface area contributed by atoms with Gasteiger partial charge in [0.15, 0.2) is 0 Å². The Balaban J connectivity index is 2.93. The van der Waals surface area contributed by atoms with Crippen LogP contribution in [0.15, 0.2) is 0 Å². The number of anilines is 1. The Morgan fingerprint density at radius 3 is 2.76 bits per heavy atom. The number of hydrogen-bond acceptors (Lipinski definition) is 5. The van der Waals surface area contributed by atoms with Crippen molar-refractivity contribution in [2.45, 2.75) is 19.8 Å². The number of nitrogens with one attached hydrogen (secondary N) is 1. The Kier molecular flexibility index (Phi) is 4.02. The van der Waals surface area contributed by atoms with E-state index in [1.54, 1.807) is 14.0 Å². The minimum absolute atomic E-state index is 0.0830. The number of nitro groups is 1. The van der Waals surface area contributed by atoms with Crippen molar-refractivity contribution < 1.29 is 14.8 Å². The van der Waals surface area contributed by atoms with Crippen molar-refractivity contribution in [3.05, 3.63) is 15.8 Å². The van der Waals surface area contributed by atoms with Crippen LogP contribution < -0.4 is 5.32 Å². The number of aromatic nitrogens is 2. The van der Waals surface area contributed by atoms with Gasteiger partial charge in [0.25, 0.3) is 0 Å². The Hall–Kier alpha value is -2.12. The molecule has 0 atom stereocenters. The number of hydrogen-bond donors (Lipinski definition) is 2. The average Bonchev–Trinajstić information content (AvgIpc) is 2.55. The summed E-state index contributed by atoms with van der Waals surface area (Å²) in [6, 6.07) is 0. The highest BCUT2D eigenvalue weighted by molar-refractivity contribution is 5.68. The molecule has 0 fully saturated rings. The topological polar surface area (TPSA) is 110 Å². The molecule has 0 saturated carbocycles. The average molecular weight is 242 g/mol. The van der Waals surface area contributed by atoms with E-state index in [-0.39, 0.29) is 24.5 Å². The van der Waals surface area contributed by atoms with Crippen molar-refractivity contribution in [3.63, 3.8) is 0 Å².